The van der Waals surface area contributed by atoms with Crippen molar-refractivity contribution in [2.75, 3.05) is 19.0 Å². The van der Waals surface area contributed by atoms with Crippen molar-refractivity contribution >= 4 is 11.6 Å². The number of carbonyl (C=O) groups is 1. The third kappa shape index (κ3) is 4.80. The van der Waals surface area contributed by atoms with E-state index in [0.717, 1.165) is 11.3 Å². The van der Waals surface area contributed by atoms with Gasteiger partial charge in [-0.2, -0.15) is 0 Å². The van der Waals surface area contributed by atoms with E-state index >= 15 is 0 Å². The molecule has 1 amide bonds. The summed E-state index contributed by atoms with van der Waals surface area (Å²) in [6.07, 6.45) is 0. The minimum Gasteiger partial charge on any atom is -0.484 e. The van der Waals surface area contributed by atoms with Gasteiger partial charge in [-0.15, -0.1) is 0 Å². The van der Waals surface area contributed by atoms with Gasteiger partial charge >= 0.3 is 0 Å². The first kappa shape index (κ1) is 14.8. The van der Waals surface area contributed by atoms with Gasteiger partial charge in [0.1, 0.15) is 11.6 Å². The zero-order chi connectivity index (χ0) is 15.1. The van der Waals surface area contributed by atoms with Gasteiger partial charge in [0.05, 0.1) is 0 Å². The molecule has 0 saturated carbocycles. The Labute approximate surface area is 122 Å². The molecule has 0 unspecified atom stereocenters. The molecule has 0 aromatic heterocycles. The molecule has 0 fully saturated rings. The number of carbonyl (C=O) groups excluding carboxylic acids is 1. The van der Waals surface area contributed by atoms with E-state index in [1.165, 1.54) is 12.1 Å². The van der Waals surface area contributed by atoms with Gasteiger partial charge in [-0.1, -0.05) is 12.1 Å². The molecule has 0 spiro atoms. The van der Waals surface area contributed by atoms with Gasteiger partial charge in [-0.25, -0.2) is 4.39 Å². The second-order valence-electron chi connectivity index (χ2n) is 4.47. The Morgan fingerprint density at radius 2 is 1.95 bits per heavy atom. The fourth-order valence-electron chi connectivity index (χ4n) is 1.74. The summed E-state index contributed by atoms with van der Waals surface area (Å²) in [7, 11) is 1.56. The zero-order valence-corrected chi connectivity index (χ0v) is 11.7. The second-order valence-corrected chi connectivity index (χ2v) is 4.47. The van der Waals surface area contributed by atoms with Crippen LogP contribution in [0.15, 0.2) is 48.5 Å². The highest BCUT2D eigenvalue weighted by Gasteiger charge is 2.00. The van der Waals surface area contributed by atoms with Crippen LogP contribution in [0.4, 0.5) is 10.1 Å². The van der Waals surface area contributed by atoms with E-state index in [-0.39, 0.29) is 18.3 Å². The van der Waals surface area contributed by atoms with Crippen molar-refractivity contribution in [3.63, 3.8) is 0 Å². The zero-order valence-electron chi connectivity index (χ0n) is 11.7. The summed E-state index contributed by atoms with van der Waals surface area (Å²) in [6, 6.07) is 13.7. The number of halogens is 1. The van der Waals surface area contributed by atoms with Gasteiger partial charge in [-0.05, 0) is 42.0 Å². The van der Waals surface area contributed by atoms with Crippen molar-refractivity contribution in [3.8, 4) is 5.75 Å². The lowest BCUT2D eigenvalue weighted by atomic mass is 10.2. The van der Waals surface area contributed by atoms with Crippen LogP contribution < -0.4 is 15.4 Å². The standard InChI is InChI=1S/C16H17FN2O2/c1-18-16(20)11-21-15-7-5-14(6-8-15)19-10-12-3-2-4-13(17)9-12/h2-9,19H,10-11H2,1H3,(H,18,20). The minimum atomic E-state index is -0.243. The van der Waals surface area contributed by atoms with E-state index in [0.29, 0.717) is 12.3 Å². The number of nitrogens with one attached hydrogen (secondary N) is 2. The van der Waals surface area contributed by atoms with E-state index in [9.17, 15) is 9.18 Å². The second kappa shape index (κ2) is 7.28. The van der Waals surface area contributed by atoms with E-state index in [4.69, 9.17) is 4.74 Å². The van der Waals surface area contributed by atoms with Gasteiger partial charge in [0, 0.05) is 19.3 Å². The third-order valence-electron chi connectivity index (χ3n) is 2.89. The van der Waals surface area contributed by atoms with Crippen molar-refractivity contribution in [3.05, 3.63) is 59.9 Å². The maximum atomic E-state index is 13.0. The molecule has 4 nitrogen and oxygen atoms in total. The summed E-state index contributed by atoms with van der Waals surface area (Å²) in [4.78, 5) is 11.1. The SMILES string of the molecule is CNC(=O)COc1ccc(NCc2cccc(F)c2)cc1. The predicted octanol–water partition coefficient (Wildman–Crippen LogP) is 2.56. The molecule has 2 aromatic rings. The number of ether oxygens (including phenoxy) is 1. The Morgan fingerprint density at radius 1 is 1.19 bits per heavy atom. The number of amides is 1. The van der Waals surface area contributed by atoms with Crippen LogP contribution in [0.3, 0.4) is 0 Å². The van der Waals surface area contributed by atoms with Crippen molar-refractivity contribution in [2.24, 2.45) is 0 Å². The molecule has 2 aromatic carbocycles. The van der Waals surface area contributed by atoms with Gasteiger partial charge in [0.15, 0.2) is 6.61 Å². The molecule has 110 valence electrons. The average molecular weight is 288 g/mol. The molecule has 0 radical (unpaired) electrons. The average Bonchev–Trinajstić information content (AvgIpc) is 2.51. The molecule has 0 heterocycles. The van der Waals surface area contributed by atoms with Gasteiger partial charge < -0.3 is 15.4 Å². The topological polar surface area (TPSA) is 50.4 Å². The van der Waals surface area contributed by atoms with E-state index in [2.05, 4.69) is 10.6 Å². The van der Waals surface area contributed by atoms with Crippen molar-refractivity contribution in [1.82, 2.24) is 5.32 Å². The lowest BCUT2D eigenvalue weighted by Crippen LogP contribution is -2.24. The van der Waals surface area contributed by atoms with E-state index < -0.39 is 0 Å². The maximum Gasteiger partial charge on any atom is 0.257 e. The number of hydrogen-bond donors (Lipinski definition) is 2. The molecule has 21 heavy (non-hydrogen) atoms. The molecule has 0 aliphatic rings. The fourth-order valence-corrected chi connectivity index (χ4v) is 1.74. The van der Waals surface area contributed by atoms with Crippen LogP contribution in [0.5, 0.6) is 5.75 Å². The molecular weight excluding hydrogens is 271 g/mol. The van der Waals surface area contributed by atoms with Crippen LogP contribution in [0.1, 0.15) is 5.56 Å². The van der Waals surface area contributed by atoms with Crippen molar-refractivity contribution in [1.29, 1.82) is 0 Å². The summed E-state index contributed by atoms with van der Waals surface area (Å²) < 4.78 is 18.4. The lowest BCUT2D eigenvalue weighted by molar-refractivity contribution is -0.122. The Morgan fingerprint density at radius 3 is 2.62 bits per heavy atom. The fraction of sp³-hybridized carbons (Fsp3) is 0.188. The highest BCUT2D eigenvalue weighted by atomic mass is 19.1. The van der Waals surface area contributed by atoms with Crippen LogP contribution in [0.25, 0.3) is 0 Å². The monoisotopic (exact) mass is 288 g/mol. The van der Waals surface area contributed by atoms with Gasteiger partial charge in [0.2, 0.25) is 0 Å². The molecule has 0 bridgehead atoms. The Bertz CT molecular complexity index is 599. The summed E-state index contributed by atoms with van der Waals surface area (Å²) in [5, 5.41) is 5.67. The van der Waals surface area contributed by atoms with Crippen LogP contribution in [-0.2, 0) is 11.3 Å². The van der Waals surface area contributed by atoms with Crippen LogP contribution in [-0.4, -0.2) is 19.6 Å². The minimum absolute atomic E-state index is 0.00737. The Hall–Kier alpha value is -2.56. The number of benzene rings is 2. The summed E-state index contributed by atoms with van der Waals surface area (Å²) in [5.74, 6) is 0.200. The summed E-state index contributed by atoms with van der Waals surface area (Å²) in [6.45, 7) is 0.531. The summed E-state index contributed by atoms with van der Waals surface area (Å²) in [5.41, 5.74) is 1.77. The van der Waals surface area contributed by atoms with E-state index in [1.807, 2.05) is 18.2 Å². The molecule has 0 aliphatic heterocycles. The van der Waals surface area contributed by atoms with Gasteiger partial charge in [0.25, 0.3) is 5.91 Å². The smallest absolute Gasteiger partial charge is 0.257 e. The number of rotatable bonds is 6. The molecule has 0 saturated heterocycles. The number of likely N-dealkylation sites (N-methyl/N-ethyl adjacent to an activating group) is 1. The highest BCUT2D eigenvalue weighted by molar-refractivity contribution is 5.77. The molecule has 0 atom stereocenters. The number of anilines is 1. The Kier molecular flexibility index (Phi) is 5.15. The molecule has 2 N–H and O–H groups in total. The summed E-state index contributed by atoms with van der Waals surface area (Å²) >= 11 is 0. The number of hydrogen-bond acceptors (Lipinski definition) is 3. The van der Waals surface area contributed by atoms with Crippen molar-refractivity contribution in [2.45, 2.75) is 6.54 Å². The predicted molar refractivity (Wildman–Crippen MR) is 79.7 cm³/mol. The lowest BCUT2D eigenvalue weighted by Gasteiger charge is -2.09. The normalized spacial score (nSPS) is 10.0. The third-order valence-corrected chi connectivity index (χ3v) is 2.89. The molecule has 0 aliphatic carbocycles. The first-order valence-electron chi connectivity index (χ1n) is 6.59. The van der Waals surface area contributed by atoms with Crippen LogP contribution >= 0.6 is 0 Å². The first-order chi connectivity index (χ1) is 10.2. The largest absolute Gasteiger partial charge is 0.484 e. The molecular formula is C16H17FN2O2. The Balaban J connectivity index is 1.86. The van der Waals surface area contributed by atoms with Crippen molar-refractivity contribution < 1.29 is 13.9 Å². The molecule has 5 heteroatoms. The quantitative estimate of drug-likeness (QED) is 0.859. The van der Waals surface area contributed by atoms with Gasteiger partial charge in [-0.3, -0.25) is 4.79 Å². The highest BCUT2D eigenvalue weighted by Crippen LogP contribution is 2.16. The van der Waals surface area contributed by atoms with Crippen LogP contribution in [0.2, 0.25) is 0 Å². The van der Waals surface area contributed by atoms with Crippen LogP contribution in [0, 0.1) is 5.82 Å². The van der Waals surface area contributed by atoms with E-state index in [1.54, 1.807) is 25.2 Å². The molecule has 2 rings (SSSR count). The first-order valence-corrected chi connectivity index (χ1v) is 6.59. The maximum absolute atomic E-state index is 13.0.